The molecule has 0 radical (unpaired) electrons. The van der Waals surface area contributed by atoms with Gasteiger partial charge in [-0.1, -0.05) is 6.92 Å². The molecular formula is C19H26N2O7. The van der Waals surface area contributed by atoms with E-state index in [9.17, 15) is 4.79 Å². The molecule has 0 atom stereocenters. The SMILES string of the molecule is CC1CCN(CCC(=O)Nc2ccc3c(c2)OCCO3)CC1.O=C(O)C(=O)O. The number of hydrogen-bond donors (Lipinski definition) is 3. The summed E-state index contributed by atoms with van der Waals surface area (Å²) in [6.45, 7) is 6.48. The normalized spacial score (nSPS) is 16.5. The fourth-order valence-corrected chi connectivity index (χ4v) is 2.89. The Bertz CT molecular complexity index is 688. The molecule has 3 N–H and O–H groups in total. The smallest absolute Gasteiger partial charge is 0.414 e. The summed E-state index contributed by atoms with van der Waals surface area (Å²) in [5.74, 6) is -1.33. The number of fused-ring (bicyclic) bond motifs is 1. The van der Waals surface area contributed by atoms with Crippen LogP contribution in [0.25, 0.3) is 0 Å². The molecule has 1 aromatic carbocycles. The van der Waals surface area contributed by atoms with Crippen LogP contribution in [0, 0.1) is 5.92 Å². The molecule has 28 heavy (non-hydrogen) atoms. The van der Waals surface area contributed by atoms with E-state index in [4.69, 9.17) is 29.3 Å². The van der Waals surface area contributed by atoms with Crippen LogP contribution in [-0.4, -0.2) is 65.8 Å². The molecule has 0 unspecified atom stereocenters. The van der Waals surface area contributed by atoms with Crippen LogP contribution in [0.2, 0.25) is 0 Å². The first-order chi connectivity index (χ1) is 13.3. The first kappa shape index (κ1) is 21.5. The number of benzene rings is 1. The van der Waals surface area contributed by atoms with E-state index in [2.05, 4.69) is 17.1 Å². The highest BCUT2D eigenvalue weighted by atomic mass is 16.6. The quantitative estimate of drug-likeness (QED) is 0.659. The van der Waals surface area contributed by atoms with Gasteiger partial charge in [0.2, 0.25) is 5.91 Å². The van der Waals surface area contributed by atoms with Gasteiger partial charge in [0, 0.05) is 24.7 Å². The van der Waals surface area contributed by atoms with E-state index in [-0.39, 0.29) is 5.91 Å². The molecule has 2 aliphatic rings. The average Bonchev–Trinajstić information content (AvgIpc) is 2.68. The Kier molecular flexibility index (Phi) is 8.06. The van der Waals surface area contributed by atoms with Gasteiger partial charge in [0.25, 0.3) is 0 Å². The number of carbonyl (C=O) groups is 3. The number of piperidine rings is 1. The number of hydrogen-bond acceptors (Lipinski definition) is 6. The van der Waals surface area contributed by atoms with Gasteiger partial charge >= 0.3 is 11.9 Å². The fourth-order valence-electron chi connectivity index (χ4n) is 2.89. The maximum atomic E-state index is 12.1. The third-order valence-corrected chi connectivity index (χ3v) is 4.54. The second-order valence-electron chi connectivity index (χ2n) is 6.79. The van der Waals surface area contributed by atoms with Crippen molar-refractivity contribution in [2.24, 2.45) is 5.92 Å². The average molecular weight is 394 g/mol. The molecule has 0 aliphatic carbocycles. The van der Waals surface area contributed by atoms with E-state index in [1.807, 2.05) is 18.2 Å². The topological polar surface area (TPSA) is 125 Å². The number of amides is 1. The van der Waals surface area contributed by atoms with Crippen molar-refractivity contribution < 1.29 is 34.1 Å². The molecule has 9 nitrogen and oxygen atoms in total. The Labute approximate surface area is 163 Å². The van der Waals surface area contributed by atoms with Crippen molar-refractivity contribution in [3.05, 3.63) is 18.2 Å². The van der Waals surface area contributed by atoms with Crippen LogP contribution in [0.1, 0.15) is 26.2 Å². The Morgan fingerprint density at radius 3 is 2.29 bits per heavy atom. The second kappa shape index (κ2) is 10.5. The van der Waals surface area contributed by atoms with Crippen molar-refractivity contribution >= 4 is 23.5 Å². The van der Waals surface area contributed by atoms with Crippen molar-refractivity contribution in [2.45, 2.75) is 26.2 Å². The number of nitrogens with zero attached hydrogens (tertiary/aromatic N) is 1. The number of aliphatic carboxylic acids is 2. The van der Waals surface area contributed by atoms with Gasteiger partial charge in [-0.05, 0) is 44.0 Å². The molecule has 1 saturated heterocycles. The molecule has 1 fully saturated rings. The van der Waals surface area contributed by atoms with Crippen LogP contribution in [0.15, 0.2) is 18.2 Å². The van der Waals surface area contributed by atoms with Crippen molar-refractivity contribution in [1.29, 1.82) is 0 Å². The second-order valence-corrected chi connectivity index (χ2v) is 6.79. The molecule has 2 aliphatic heterocycles. The number of carboxylic acid groups (broad SMARTS) is 2. The summed E-state index contributed by atoms with van der Waals surface area (Å²) in [6, 6.07) is 5.53. The van der Waals surface area contributed by atoms with E-state index in [0.717, 1.165) is 37.0 Å². The van der Waals surface area contributed by atoms with E-state index in [1.165, 1.54) is 12.8 Å². The van der Waals surface area contributed by atoms with Gasteiger partial charge in [-0.3, -0.25) is 4.79 Å². The predicted molar refractivity (Wildman–Crippen MR) is 101 cm³/mol. The van der Waals surface area contributed by atoms with Crippen LogP contribution in [0.3, 0.4) is 0 Å². The molecule has 0 spiro atoms. The van der Waals surface area contributed by atoms with E-state index in [1.54, 1.807) is 0 Å². The molecule has 1 amide bonds. The Hall–Kier alpha value is -2.81. The molecular weight excluding hydrogens is 368 g/mol. The highest BCUT2D eigenvalue weighted by Crippen LogP contribution is 2.32. The number of rotatable bonds is 4. The third kappa shape index (κ3) is 7.07. The molecule has 0 aromatic heterocycles. The summed E-state index contributed by atoms with van der Waals surface area (Å²) >= 11 is 0. The lowest BCUT2D eigenvalue weighted by Crippen LogP contribution is -2.35. The number of anilines is 1. The summed E-state index contributed by atoms with van der Waals surface area (Å²) in [6.07, 6.45) is 3.01. The highest BCUT2D eigenvalue weighted by molar-refractivity contribution is 6.27. The molecule has 154 valence electrons. The minimum absolute atomic E-state index is 0.0512. The largest absolute Gasteiger partial charge is 0.486 e. The number of carboxylic acids is 2. The van der Waals surface area contributed by atoms with Gasteiger partial charge in [0.15, 0.2) is 11.5 Å². The molecule has 0 saturated carbocycles. The Morgan fingerprint density at radius 2 is 1.68 bits per heavy atom. The van der Waals surface area contributed by atoms with Crippen molar-refractivity contribution in [3.8, 4) is 11.5 Å². The predicted octanol–water partition coefficient (Wildman–Crippen LogP) is 1.67. The van der Waals surface area contributed by atoms with Gasteiger partial charge in [-0.25, -0.2) is 9.59 Å². The summed E-state index contributed by atoms with van der Waals surface area (Å²) in [7, 11) is 0. The van der Waals surface area contributed by atoms with Gasteiger partial charge in [-0.2, -0.15) is 0 Å². The highest BCUT2D eigenvalue weighted by Gasteiger charge is 2.17. The lowest BCUT2D eigenvalue weighted by atomic mass is 9.99. The standard InChI is InChI=1S/C17H24N2O3.C2H2O4/c1-13-4-7-19(8-5-13)9-6-17(20)18-14-2-3-15-16(12-14)22-11-10-21-15;3-1(4)2(5)6/h2-3,12-13H,4-11H2,1H3,(H,18,20);(H,3,4)(H,5,6). The first-order valence-electron chi connectivity index (χ1n) is 9.23. The van der Waals surface area contributed by atoms with Crippen molar-refractivity contribution in [3.63, 3.8) is 0 Å². The maximum absolute atomic E-state index is 12.1. The Balaban J connectivity index is 0.000000409. The van der Waals surface area contributed by atoms with Crippen LogP contribution in [-0.2, 0) is 14.4 Å². The lowest BCUT2D eigenvalue weighted by Gasteiger charge is -2.29. The summed E-state index contributed by atoms with van der Waals surface area (Å²) in [5.41, 5.74) is 0.765. The summed E-state index contributed by atoms with van der Waals surface area (Å²) in [4.78, 5) is 32.7. The summed E-state index contributed by atoms with van der Waals surface area (Å²) in [5, 5.41) is 17.7. The van der Waals surface area contributed by atoms with Gasteiger partial charge in [-0.15, -0.1) is 0 Å². The number of nitrogens with one attached hydrogen (secondary N) is 1. The Morgan fingerprint density at radius 1 is 1.07 bits per heavy atom. The lowest BCUT2D eigenvalue weighted by molar-refractivity contribution is -0.159. The third-order valence-electron chi connectivity index (χ3n) is 4.54. The molecule has 1 aromatic rings. The van der Waals surface area contributed by atoms with Crippen LogP contribution in [0.5, 0.6) is 11.5 Å². The van der Waals surface area contributed by atoms with E-state index >= 15 is 0 Å². The van der Waals surface area contributed by atoms with Crippen LogP contribution < -0.4 is 14.8 Å². The van der Waals surface area contributed by atoms with Crippen molar-refractivity contribution in [1.82, 2.24) is 4.90 Å². The van der Waals surface area contributed by atoms with Crippen LogP contribution in [0.4, 0.5) is 5.69 Å². The fraction of sp³-hybridized carbons (Fsp3) is 0.526. The summed E-state index contributed by atoms with van der Waals surface area (Å²) < 4.78 is 11.0. The maximum Gasteiger partial charge on any atom is 0.414 e. The molecule has 2 heterocycles. The number of likely N-dealkylation sites (tertiary alicyclic amines) is 1. The van der Waals surface area contributed by atoms with Crippen LogP contribution >= 0.6 is 0 Å². The van der Waals surface area contributed by atoms with E-state index < -0.39 is 11.9 Å². The molecule has 3 rings (SSSR count). The minimum atomic E-state index is -1.82. The monoisotopic (exact) mass is 394 g/mol. The van der Waals surface area contributed by atoms with Crippen molar-refractivity contribution in [2.75, 3.05) is 38.2 Å². The minimum Gasteiger partial charge on any atom is -0.486 e. The van der Waals surface area contributed by atoms with Gasteiger partial charge in [0.1, 0.15) is 13.2 Å². The zero-order valence-corrected chi connectivity index (χ0v) is 15.8. The molecule has 0 bridgehead atoms. The molecule has 9 heteroatoms. The van der Waals surface area contributed by atoms with E-state index in [0.29, 0.717) is 25.4 Å². The number of ether oxygens (including phenoxy) is 2. The number of carbonyl (C=O) groups excluding carboxylic acids is 1. The zero-order valence-electron chi connectivity index (χ0n) is 15.8. The zero-order chi connectivity index (χ0) is 20.5. The van der Waals surface area contributed by atoms with Gasteiger partial charge in [0.05, 0.1) is 0 Å². The first-order valence-corrected chi connectivity index (χ1v) is 9.23. The van der Waals surface area contributed by atoms with Gasteiger partial charge < -0.3 is 29.9 Å².